The van der Waals surface area contributed by atoms with Gasteiger partial charge in [0.2, 0.25) is 11.8 Å². The Morgan fingerprint density at radius 3 is 2.56 bits per heavy atom. The van der Waals surface area contributed by atoms with Crippen LogP contribution in [0.3, 0.4) is 0 Å². The van der Waals surface area contributed by atoms with Crippen LogP contribution in [0.15, 0.2) is 30.3 Å². The van der Waals surface area contributed by atoms with Gasteiger partial charge in [0.15, 0.2) is 0 Å². The Kier molecular flexibility index (Phi) is 6.98. The largest absolute Gasteiger partial charge is 0.469 e. The second-order valence-corrected chi connectivity index (χ2v) is 6.29. The zero-order valence-corrected chi connectivity index (χ0v) is 14.9. The van der Waals surface area contributed by atoms with Gasteiger partial charge in [-0.1, -0.05) is 50.1 Å². The molecule has 1 aromatic rings. The molecular formula is C19H26N2O4. The highest BCUT2D eigenvalue weighted by Gasteiger charge is 2.41. The number of ether oxygens (including phenoxy) is 1. The highest BCUT2D eigenvalue weighted by atomic mass is 16.5. The summed E-state index contributed by atoms with van der Waals surface area (Å²) in [6.45, 7) is 2.56. The van der Waals surface area contributed by atoms with E-state index in [1.54, 1.807) is 4.90 Å². The first-order valence-corrected chi connectivity index (χ1v) is 8.78. The Hall–Kier alpha value is -2.37. The van der Waals surface area contributed by atoms with Crippen molar-refractivity contribution in [1.82, 2.24) is 10.2 Å². The summed E-state index contributed by atoms with van der Waals surface area (Å²) < 4.78 is 4.68. The van der Waals surface area contributed by atoms with Crippen molar-refractivity contribution < 1.29 is 19.1 Å². The lowest BCUT2D eigenvalue weighted by molar-refractivity contribution is -0.154. The number of amides is 2. The molecule has 6 heteroatoms. The maximum absolute atomic E-state index is 12.9. The predicted molar refractivity (Wildman–Crippen MR) is 93.7 cm³/mol. The number of benzene rings is 1. The van der Waals surface area contributed by atoms with Crippen LogP contribution in [0.5, 0.6) is 0 Å². The van der Waals surface area contributed by atoms with Gasteiger partial charge in [0.05, 0.1) is 13.5 Å². The van der Waals surface area contributed by atoms with Gasteiger partial charge in [-0.25, -0.2) is 0 Å². The molecule has 0 bridgehead atoms. The number of methoxy groups -OCH3 is 1. The molecule has 6 nitrogen and oxygen atoms in total. The lowest BCUT2D eigenvalue weighted by Crippen LogP contribution is -2.64. The number of rotatable bonds is 8. The molecule has 0 aliphatic carbocycles. The number of hydrogen-bond acceptors (Lipinski definition) is 4. The number of carbonyl (C=O) groups is 3. The molecule has 1 saturated heterocycles. The minimum absolute atomic E-state index is 0.113. The summed E-state index contributed by atoms with van der Waals surface area (Å²) in [6, 6.07) is 8.21. The van der Waals surface area contributed by atoms with E-state index in [0.29, 0.717) is 13.0 Å². The van der Waals surface area contributed by atoms with Gasteiger partial charge in [-0.3, -0.25) is 14.4 Å². The molecule has 1 aliphatic rings. The molecule has 2 amide bonds. The molecule has 1 heterocycles. The Balaban J connectivity index is 2.14. The topological polar surface area (TPSA) is 75.7 Å². The van der Waals surface area contributed by atoms with Crippen molar-refractivity contribution in [1.29, 1.82) is 0 Å². The van der Waals surface area contributed by atoms with Crippen LogP contribution in [0.1, 0.15) is 38.2 Å². The SMILES string of the molecule is CCCCCN1C(=O)[C@H](Cc2ccccc2)NC(=O)[C@@H]1CC(=O)OC. The number of esters is 1. The lowest BCUT2D eigenvalue weighted by atomic mass is 9.98. The van der Waals surface area contributed by atoms with Crippen molar-refractivity contribution in [2.75, 3.05) is 13.7 Å². The monoisotopic (exact) mass is 346 g/mol. The first-order valence-electron chi connectivity index (χ1n) is 8.78. The van der Waals surface area contributed by atoms with Crippen LogP contribution in [-0.4, -0.2) is 48.4 Å². The molecule has 1 N–H and O–H groups in total. The fourth-order valence-electron chi connectivity index (χ4n) is 3.06. The number of nitrogens with zero attached hydrogens (tertiary/aromatic N) is 1. The Morgan fingerprint density at radius 2 is 1.92 bits per heavy atom. The Morgan fingerprint density at radius 1 is 1.20 bits per heavy atom. The van der Waals surface area contributed by atoms with Crippen molar-refractivity contribution in [2.45, 2.75) is 51.1 Å². The van der Waals surface area contributed by atoms with Crippen LogP contribution in [0.25, 0.3) is 0 Å². The van der Waals surface area contributed by atoms with E-state index in [2.05, 4.69) is 17.0 Å². The van der Waals surface area contributed by atoms with E-state index in [1.807, 2.05) is 30.3 Å². The van der Waals surface area contributed by atoms with E-state index in [-0.39, 0.29) is 18.2 Å². The second kappa shape index (κ2) is 9.20. The number of piperazine rings is 1. The van der Waals surface area contributed by atoms with Gasteiger partial charge in [0.1, 0.15) is 12.1 Å². The number of nitrogens with one attached hydrogen (secondary N) is 1. The average Bonchev–Trinajstić information content (AvgIpc) is 2.62. The quantitative estimate of drug-likeness (QED) is 0.574. The van der Waals surface area contributed by atoms with Crippen LogP contribution in [0, 0.1) is 0 Å². The van der Waals surface area contributed by atoms with Crippen LogP contribution in [0.2, 0.25) is 0 Å². The van der Waals surface area contributed by atoms with Crippen molar-refractivity contribution in [3.8, 4) is 0 Å². The summed E-state index contributed by atoms with van der Waals surface area (Å²) in [6.07, 6.45) is 3.13. The molecule has 25 heavy (non-hydrogen) atoms. The van der Waals surface area contributed by atoms with Gasteiger partial charge < -0.3 is 15.0 Å². The number of carbonyl (C=O) groups excluding carboxylic acids is 3. The molecule has 0 radical (unpaired) electrons. The first kappa shape index (κ1) is 19.0. The molecule has 0 spiro atoms. The maximum Gasteiger partial charge on any atom is 0.308 e. The summed E-state index contributed by atoms with van der Waals surface area (Å²) in [5.74, 6) is -0.911. The van der Waals surface area contributed by atoms with E-state index >= 15 is 0 Å². The zero-order valence-electron chi connectivity index (χ0n) is 14.9. The third kappa shape index (κ3) is 5.05. The minimum atomic E-state index is -0.788. The van der Waals surface area contributed by atoms with Gasteiger partial charge in [-0.05, 0) is 12.0 Å². The van der Waals surface area contributed by atoms with E-state index < -0.39 is 18.1 Å². The first-order chi connectivity index (χ1) is 12.1. The molecule has 2 atom stereocenters. The van der Waals surface area contributed by atoms with Crippen LogP contribution >= 0.6 is 0 Å². The summed E-state index contributed by atoms with van der Waals surface area (Å²) in [5.41, 5.74) is 0.987. The van der Waals surface area contributed by atoms with E-state index in [9.17, 15) is 14.4 Å². The van der Waals surface area contributed by atoms with Crippen LogP contribution in [-0.2, 0) is 25.5 Å². The predicted octanol–water partition coefficient (Wildman–Crippen LogP) is 1.68. The van der Waals surface area contributed by atoms with Crippen molar-refractivity contribution in [3.05, 3.63) is 35.9 Å². The third-order valence-electron chi connectivity index (χ3n) is 4.45. The van der Waals surface area contributed by atoms with Crippen molar-refractivity contribution in [2.24, 2.45) is 0 Å². The number of hydrogen-bond donors (Lipinski definition) is 1. The van der Waals surface area contributed by atoms with Crippen molar-refractivity contribution >= 4 is 17.8 Å². The smallest absolute Gasteiger partial charge is 0.308 e. The van der Waals surface area contributed by atoms with Gasteiger partial charge in [-0.15, -0.1) is 0 Å². The van der Waals surface area contributed by atoms with E-state index in [4.69, 9.17) is 0 Å². The normalized spacial score (nSPS) is 20.3. The van der Waals surface area contributed by atoms with Crippen LogP contribution < -0.4 is 5.32 Å². The average molecular weight is 346 g/mol. The fourth-order valence-corrected chi connectivity index (χ4v) is 3.06. The molecule has 0 unspecified atom stereocenters. The highest BCUT2D eigenvalue weighted by molar-refractivity contribution is 5.98. The fraction of sp³-hybridized carbons (Fsp3) is 0.526. The van der Waals surface area contributed by atoms with E-state index in [0.717, 1.165) is 24.8 Å². The summed E-state index contributed by atoms with van der Waals surface area (Å²) in [5, 5.41) is 2.78. The molecule has 2 rings (SSSR count). The van der Waals surface area contributed by atoms with Crippen molar-refractivity contribution in [3.63, 3.8) is 0 Å². The lowest BCUT2D eigenvalue weighted by Gasteiger charge is -2.38. The molecule has 1 aromatic carbocycles. The Bertz CT molecular complexity index is 603. The van der Waals surface area contributed by atoms with Gasteiger partial charge >= 0.3 is 5.97 Å². The third-order valence-corrected chi connectivity index (χ3v) is 4.45. The van der Waals surface area contributed by atoms with E-state index in [1.165, 1.54) is 7.11 Å². The summed E-state index contributed by atoms with van der Waals surface area (Å²) in [7, 11) is 1.28. The zero-order chi connectivity index (χ0) is 18.2. The van der Waals surface area contributed by atoms with Crippen LogP contribution in [0.4, 0.5) is 0 Å². The standard InChI is InChI=1S/C19H26N2O4/c1-3-4-8-11-21-16(13-17(22)25-2)18(23)20-15(19(21)24)12-14-9-6-5-7-10-14/h5-7,9-10,15-16H,3-4,8,11-13H2,1-2H3,(H,20,23)/t15-,16-/m0/s1. The van der Waals surface area contributed by atoms with Gasteiger partial charge in [-0.2, -0.15) is 0 Å². The summed E-state index contributed by atoms with van der Waals surface area (Å²) >= 11 is 0. The molecule has 0 saturated carbocycles. The molecule has 1 aliphatic heterocycles. The van der Waals surface area contributed by atoms with Gasteiger partial charge in [0.25, 0.3) is 0 Å². The van der Waals surface area contributed by atoms with Gasteiger partial charge in [0, 0.05) is 13.0 Å². The number of unbranched alkanes of at least 4 members (excludes halogenated alkanes) is 2. The maximum atomic E-state index is 12.9. The second-order valence-electron chi connectivity index (χ2n) is 6.29. The molecule has 136 valence electrons. The highest BCUT2D eigenvalue weighted by Crippen LogP contribution is 2.18. The Labute approximate surface area is 148 Å². The molecular weight excluding hydrogens is 320 g/mol. The minimum Gasteiger partial charge on any atom is -0.469 e. The molecule has 0 aromatic heterocycles. The summed E-state index contributed by atoms with van der Waals surface area (Å²) in [4.78, 5) is 38.6. The molecule has 1 fully saturated rings.